The molecule has 0 aromatic heterocycles. The maximum atomic E-state index is 13.1. The van der Waals surface area contributed by atoms with Crippen molar-refractivity contribution in [3.63, 3.8) is 0 Å². The van der Waals surface area contributed by atoms with E-state index >= 15 is 0 Å². The van der Waals surface area contributed by atoms with Crippen molar-refractivity contribution in [2.24, 2.45) is 17.8 Å². The molecule has 10 N–H and O–H groups in total. The first kappa shape index (κ1) is 65.8. The molecule has 0 heterocycles. The molecule has 4 amide bonds. The second kappa shape index (κ2) is 41.1. The molecule has 73 heavy (non-hydrogen) atoms. The quantitative estimate of drug-likeness (QED) is 0.0202. The van der Waals surface area contributed by atoms with Crippen LogP contribution in [0.4, 0.5) is 0 Å². The van der Waals surface area contributed by atoms with Gasteiger partial charge in [0.2, 0.25) is 23.6 Å². The molecule has 1 fully saturated rings. The Balaban J connectivity index is 2.30. The molecular weight excluding hydrogens is 945 g/mol. The second-order valence-corrected chi connectivity index (χ2v) is 19.7. The van der Waals surface area contributed by atoms with Crippen molar-refractivity contribution in [2.45, 2.75) is 217 Å². The fraction of sp³-hybridized carbons (Fsp3) is 0.774. The molecule has 2 unspecified atom stereocenters. The number of amides is 4. The molecule has 0 bridgehead atoms. The Morgan fingerprint density at radius 2 is 1.00 bits per heavy atom. The van der Waals surface area contributed by atoms with E-state index in [-0.39, 0.29) is 49.5 Å². The van der Waals surface area contributed by atoms with Crippen LogP contribution in [0.5, 0.6) is 0 Å². The Kier molecular flexibility index (Phi) is 37.1. The van der Waals surface area contributed by atoms with Crippen LogP contribution < -0.4 is 31.9 Å². The summed E-state index contributed by atoms with van der Waals surface area (Å²) >= 11 is 0. The average molecular weight is 1040 g/mol. The summed E-state index contributed by atoms with van der Waals surface area (Å²) in [7, 11) is 1.68. The van der Waals surface area contributed by atoms with Crippen LogP contribution >= 0.6 is 0 Å². The number of rotatable bonds is 47. The molecule has 0 spiro atoms. The van der Waals surface area contributed by atoms with Gasteiger partial charge in [0.05, 0.1) is 6.04 Å². The van der Waals surface area contributed by atoms with Crippen LogP contribution in [-0.2, 0) is 47.9 Å². The van der Waals surface area contributed by atoms with Gasteiger partial charge in [0.25, 0.3) is 0 Å². The highest BCUT2D eigenvalue weighted by Gasteiger charge is 2.31. The Morgan fingerprint density at radius 1 is 0.534 bits per heavy atom. The van der Waals surface area contributed by atoms with E-state index in [1.165, 1.54) is 70.3 Å². The third-order valence-corrected chi connectivity index (χ3v) is 13.7. The fourth-order valence-electron chi connectivity index (χ4n) is 9.07. The summed E-state index contributed by atoms with van der Waals surface area (Å²) in [6.45, 7) is 4.64. The number of carbonyl (C=O) groups excluding carboxylic acids is 6. The molecule has 5 atom stereocenters. The number of aldehydes is 1. The summed E-state index contributed by atoms with van der Waals surface area (Å²) in [5.74, 6) is -8.15. The smallest absolute Gasteiger partial charge is 0.326 e. The Hall–Kier alpha value is -5.24. The van der Waals surface area contributed by atoms with Crippen LogP contribution in [0, 0.1) is 17.8 Å². The molecule has 1 aliphatic carbocycles. The number of ketones is 1. The fourth-order valence-corrected chi connectivity index (χ4v) is 9.07. The zero-order valence-corrected chi connectivity index (χ0v) is 43.6. The standard InChI is InChI=1S/C53H90N6O14/c1-3-45(61)41(54-2)22-20-21-33-55-35-39(37-60)34-44(53(72)73)58-48(64)31-29-42(51(68)69)57-47(63)32-30-43(52(70)71)59-50(67)40-27-25-38(26-28-40)36-56-46(62)23-18-16-14-12-10-8-6-4-5-7-9-11-13-15-17-19-24-49(65)66/h3,37-44,54-55H,1,4-36H2,2H3,(H,56,62)(H,57,63)(H,58,64)(H,59,67)(H,65,66)(H,68,69)(H,70,71)(H,72,73)/t38?,39?,40?,41?,42-,43-,44-/m0/s1. The first-order valence-corrected chi connectivity index (χ1v) is 27.1. The minimum Gasteiger partial charge on any atom is -0.481 e. The van der Waals surface area contributed by atoms with Crippen LogP contribution in [0.25, 0.3) is 0 Å². The Morgan fingerprint density at radius 3 is 1.45 bits per heavy atom. The predicted octanol–water partition coefficient (Wildman–Crippen LogP) is 5.59. The topological polar surface area (TPSA) is 324 Å². The van der Waals surface area contributed by atoms with Gasteiger partial charge in [-0.05, 0) is 96.2 Å². The van der Waals surface area contributed by atoms with E-state index in [1.54, 1.807) is 7.05 Å². The van der Waals surface area contributed by atoms with E-state index in [1.807, 2.05) is 0 Å². The molecule has 0 radical (unpaired) electrons. The minimum atomic E-state index is -1.56. The van der Waals surface area contributed by atoms with Gasteiger partial charge in [-0.2, -0.15) is 0 Å². The molecule has 1 rings (SSSR count). The normalized spacial score (nSPS) is 16.4. The van der Waals surface area contributed by atoms with Crippen molar-refractivity contribution in [2.75, 3.05) is 26.7 Å². The van der Waals surface area contributed by atoms with Gasteiger partial charge in [0.15, 0.2) is 5.78 Å². The van der Waals surface area contributed by atoms with Gasteiger partial charge in [0, 0.05) is 50.6 Å². The van der Waals surface area contributed by atoms with Crippen molar-refractivity contribution in [3.05, 3.63) is 12.7 Å². The zero-order chi connectivity index (χ0) is 54.2. The number of aliphatic carboxylic acids is 4. The summed E-state index contributed by atoms with van der Waals surface area (Å²) in [5, 5.41) is 54.0. The molecule has 0 saturated heterocycles. The Labute approximate surface area is 432 Å². The van der Waals surface area contributed by atoms with Crippen molar-refractivity contribution in [3.8, 4) is 0 Å². The lowest BCUT2D eigenvalue weighted by molar-refractivity contribution is -0.144. The molecule has 1 saturated carbocycles. The van der Waals surface area contributed by atoms with Crippen molar-refractivity contribution >= 4 is 59.6 Å². The number of hydrogen-bond acceptors (Lipinski definition) is 12. The van der Waals surface area contributed by atoms with Crippen LogP contribution in [0.3, 0.4) is 0 Å². The highest BCUT2D eigenvalue weighted by molar-refractivity contribution is 5.93. The summed E-state index contributed by atoms with van der Waals surface area (Å²) in [6, 6.07) is -4.77. The summed E-state index contributed by atoms with van der Waals surface area (Å²) in [6.07, 6.45) is 23.4. The zero-order valence-electron chi connectivity index (χ0n) is 43.6. The van der Waals surface area contributed by atoms with Gasteiger partial charge in [-0.25, -0.2) is 14.4 Å². The van der Waals surface area contributed by atoms with Crippen molar-refractivity contribution in [1.82, 2.24) is 31.9 Å². The summed E-state index contributed by atoms with van der Waals surface area (Å²) < 4.78 is 0. The van der Waals surface area contributed by atoms with Crippen LogP contribution in [-0.4, -0.2) is 131 Å². The first-order chi connectivity index (χ1) is 35.0. The summed E-state index contributed by atoms with van der Waals surface area (Å²) in [5.41, 5.74) is 0. The van der Waals surface area contributed by atoms with Crippen LogP contribution in [0.2, 0.25) is 0 Å². The summed E-state index contributed by atoms with van der Waals surface area (Å²) in [4.78, 5) is 121. The lowest BCUT2D eigenvalue weighted by Gasteiger charge is -2.28. The van der Waals surface area contributed by atoms with E-state index in [0.717, 1.165) is 38.5 Å². The number of carboxylic acids is 4. The van der Waals surface area contributed by atoms with E-state index in [2.05, 4.69) is 38.5 Å². The van der Waals surface area contributed by atoms with Crippen LogP contribution in [0.15, 0.2) is 12.7 Å². The molecule has 1 aliphatic rings. The molecule has 416 valence electrons. The van der Waals surface area contributed by atoms with E-state index in [9.17, 15) is 63.3 Å². The molecule has 20 nitrogen and oxygen atoms in total. The monoisotopic (exact) mass is 1030 g/mol. The number of nitrogens with one attached hydrogen (secondary N) is 6. The van der Waals surface area contributed by atoms with E-state index in [0.29, 0.717) is 70.7 Å². The van der Waals surface area contributed by atoms with Gasteiger partial charge in [-0.1, -0.05) is 103 Å². The van der Waals surface area contributed by atoms with Crippen molar-refractivity contribution in [1.29, 1.82) is 0 Å². The Bertz CT molecular complexity index is 1690. The number of carbonyl (C=O) groups is 10. The van der Waals surface area contributed by atoms with Gasteiger partial charge in [0.1, 0.15) is 24.4 Å². The highest BCUT2D eigenvalue weighted by Crippen LogP contribution is 2.29. The van der Waals surface area contributed by atoms with Gasteiger partial charge in [-0.15, -0.1) is 0 Å². The van der Waals surface area contributed by atoms with Gasteiger partial charge >= 0.3 is 23.9 Å². The molecule has 0 aliphatic heterocycles. The number of likely N-dealkylation sites (N-methyl/N-ethyl adjacent to an activating group) is 1. The minimum absolute atomic E-state index is 0.0179. The number of unbranched alkanes of at least 4 members (excludes halogenated alkanes) is 16. The van der Waals surface area contributed by atoms with E-state index in [4.69, 9.17) is 5.11 Å². The predicted molar refractivity (Wildman–Crippen MR) is 275 cm³/mol. The number of hydrogen-bond donors (Lipinski definition) is 10. The highest BCUT2D eigenvalue weighted by atomic mass is 16.4. The molecular formula is C53H90N6O14. The number of carboxylic acid groups (broad SMARTS) is 4. The second-order valence-electron chi connectivity index (χ2n) is 19.7. The first-order valence-electron chi connectivity index (χ1n) is 27.1. The third kappa shape index (κ3) is 33.3. The molecule has 20 heteroatoms. The molecule has 0 aromatic carbocycles. The van der Waals surface area contributed by atoms with Crippen LogP contribution in [0.1, 0.15) is 193 Å². The lowest BCUT2D eigenvalue weighted by atomic mass is 9.81. The largest absolute Gasteiger partial charge is 0.481 e. The lowest BCUT2D eigenvalue weighted by Crippen LogP contribution is -2.46. The van der Waals surface area contributed by atoms with Gasteiger partial charge in [-0.3, -0.25) is 28.8 Å². The van der Waals surface area contributed by atoms with E-state index < -0.39 is 90.8 Å². The third-order valence-electron chi connectivity index (χ3n) is 13.7. The average Bonchev–Trinajstić information content (AvgIpc) is 3.36. The maximum absolute atomic E-state index is 13.1. The SMILES string of the molecule is C=CC(=O)C(CCCCNCC(C=O)C[C@H](NC(=O)CC[C@H](NC(=O)CC[C@H](NC(=O)C1CCC(CNC(=O)CCCCCCCCCCCCCCCCCCC(=O)O)CC1)C(=O)O)C(=O)O)C(=O)O)NC. The van der Waals surface area contributed by atoms with Crippen molar-refractivity contribution < 1.29 is 68.4 Å². The maximum Gasteiger partial charge on any atom is 0.326 e. The van der Waals surface area contributed by atoms with Gasteiger partial charge < -0.3 is 57.1 Å². The molecule has 0 aromatic rings.